The number of benzene rings is 1. The van der Waals surface area contributed by atoms with Gasteiger partial charge in [-0.3, -0.25) is 0 Å². The second kappa shape index (κ2) is 9.01. The van der Waals surface area contributed by atoms with E-state index in [1.807, 2.05) is 32.0 Å². The Labute approximate surface area is 142 Å². The van der Waals surface area contributed by atoms with E-state index in [1.54, 1.807) is 29.3 Å². The predicted molar refractivity (Wildman–Crippen MR) is 91.6 cm³/mol. The van der Waals surface area contributed by atoms with Crippen LogP contribution in [0.5, 0.6) is 5.75 Å². The van der Waals surface area contributed by atoms with Gasteiger partial charge in [0.2, 0.25) is 5.95 Å². The number of para-hydroxylation sites is 1. The molecule has 1 aliphatic rings. The van der Waals surface area contributed by atoms with Crippen LogP contribution in [0.3, 0.4) is 0 Å². The summed E-state index contributed by atoms with van der Waals surface area (Å²) in [6.45, 7) is 5.27. The molecule has 128 valence electrons. The first-order valence-corrected chi connectivity index (χ1v) is 8.35. The molecular weight excluding hydrogens is 307 g/mol. The molecule has 0 atom stereocenters. The summed E-state index contributed by atoms with van der Waals surface area (Å²) in [6, 6.07) is 12.2. The van der Waals surface area contributed by atoms with E-state index in [2.05, 4.69) is 4.98 Å². The lowest BCUT2D eigenvalue weighted by Gasteiger charge is -2.31. The maximum Gasteiger partial charge on any atom is 0.415 e. The average Bonchev–Trinajstić information content (AvgIpc) is 2.65. The van der Waals surface area contributed by atoms with Crippen molar-refractivity contribution in [3.05, 3.63) is 60.2 Å². The number of nitrogens with zero attached hydrogens (tertiary/aromatic N) is 2. The zero-order valence-corrected chi connectivity index (χ0v) is 14.1. The third-order valence-electron chi connectivity index (χ3n) is 3.92. The first-order chi connectivity index (χ1) is 11.7. The topological polar surface area (TPSA) is 42.4 Å². The van der Waals surface area contributed by atoms with Crippen molar-refractivity contribution < 1.29 is 13.9 Å². The van der Waals surface area contributed by atoms with Crippen LogP contribution in [0, 0.1) is 5.95 Å². The molecule has 1 aliphatic heterocycles. The maximum absolute atomic E-state index is 12.8. The number of carbonyl (C=O) groups is 1. The lowest BCUT2D eigenvalue weighted by Crippen LogP contribution is -2.39. The van der Waals surface area contributed by atoms with E-state index in [4.69, 9.17) is 4.74 Å². The molecule has 0 saturated carbocycles. The number of aromatic nitrogens is 1. The van der Waals surface area contributed by atoms with Crippen LogP contribution in [0.15, 0.2) is 48.7 Å². The fraction of sp³-hybridized carbons (Fsp3) is 0.368. The molecular formula is C19H23FN2O2. The first kappa shape index (κ1) is 17.9. The molecule has 0 unspecified atom stereocenters. The minimum atomic E-state index is -0.465. The van der Waals surface area contributed by atoms with Crippen molar-refractivity contribution in [3.8, 4) is 5.75 Å². The van der Waals surface area contributed by atoms with Crippen molar-refractivity contribution in [2.45, 2.75) is 32.6 Å². The lowest BCUT2D eigenvalue weighted by atomic mass is 9.91. The second-order valence-electron chi connectivity index (χ2n) is 5.36. The van der Waals surface area contributed by atoms with Crippen molar-refractivity contribution in [3.63, 3.8) is 0 Å². The Morgan fingerprint density at radius 1 is 1.12 bits per heavy atom. The number of rotatable bonds is 2. The summed E-state index contributed by atoms with van der Waals surface area (Å²) >= 11 is 0. The van der Waals surface area contributed by atoms with Crippen LogP contribution in [0.2, 0.25) is 0 Å². The number of piperidine rings is 1. The highest BCUT2D eigenvalue weighted by Gasteiger charge is 2.25. The first-order valence-electron chi connectivity index (χ1n) is 8.35. The van der Waals surface area contributed by atoms with Crippen LogP contribution < -0.4 is 4.74 Å². The molecule has 0 bridgehead atoms. The molecule has 2 aromatic rings. The van der Waals surface area contributed by atoms with Gasteiger partial charge in [-0.05, 0) is 42.5 Å². The fourth-order valence-corrected chi connectivity index (χ4v) is 2.68. The van der Waals surface area contributed by atoms with Crippen molar-refractivity contribution in [1.29, 1.82) is 0 Å². The highest BCUT2D eigenvalue weighted by Crippen LogP contribution is 2.28. The number of hydrogen-bond donors (Lipinski definition) is 0. The summed E-state index contributed by atoms with van der Waals surface area (Å²) in [7, 11) is 0. The van der Waals surface area contributed by atoms with Crippen LogP contribution in [0.25, 0.3) is 0 Å². The Morgan fingerprint density at radius 2 is 1.79 bits per heavy atom. The van der Waals surface area contributed by atoms with Gasteiger partial charge in [0.05, 0.1) is 0 Å². The standard InChI is InChI=1S/C17H17FN2O2.C2H6/c18-16-7-6-14(12-19-16)13-8-10-20(11-9-13)17(21)22-15-4-2-1-3-5-15;1-2/h1-7,12-13H,8-11H2;1-2H3. The van der Waals surface area contributed by atoms with Crippen LogP contribution in [-0.2, 0) is 0 Å². The largest absolute Gasteiger partial charge is 0.415 e. The van der Waals surface area contributed by atoms with Crippen molar-refractivity contribution in [2.24, 2.45) is 0 Å². The number of likely N-dealkylation sites (tertiary alicyclic amines) is 1. The lowest BCUT2D eigenvalue weighted by molar-refractivity contribution is 0.138. The molecule has 1 fully saturated rings. The second-order valence-corrected chi connectivity index (χ2v) is 5.36. The maximum atomic E-state index is 12.8. The fourth-order valence-electron chi connectivity index (χ4n) is 2.68. The number of pyridine rings is 1. The van der Waals surface area contributed by atoms with E-state index in [0.717, 1.165) is 18.4 Å². The molecule has 5 heteroatoms. The quantitative estimate of drug-likeness (QED) is 0.754. The molecule has 3 rings (SSSR count). The van der Waals surface area contributed by atoms with E-state index < -0.39 is 5.95 Å². The van der Waals surface area contributed by atoms with Gasteiger partial charge in [-0.15, -0.1) is 0 Å². The van der Waals surface area contributed by atoms with Gasteiger partial charge >= 0.3 is 6.09 Å². The van der Waals surface area contributed by atoms with Gasteiger partial charge in [0.1, 0.15) is 5.75 Å². The molecule has 24 heavy (non-hydrogen) atoms. The molecule has 1 saturated heterocycles. The van der Waals surface area contributed by atoms with E-state index in [-0.39, 0.29) is 6.09 Å². The molecule has 1 amide bonds. The summed E-state index contributed by atoms with van der Waals surface area (Å²) in [5, 5.41) is 0. The molecule has 4 nitrogen and oxygen atoms in total. The summed E-state index contributed by atoms with van der Waals surface area (Å²) < 4.78 is 18.2. The number of carbonyl (C=O) groups excluding carboxylic acids is 1. The Balaban J connectivity index is 0.00000100. The van der Waals surface area contributed by atoms with Crippen molar-refractivity contribution in [1.82, 2.24) is 9.88 Å². The van der Waals surface area contributed by atoms with Gasteiger partial charge in [-0.2, -0.15) is 4.39 Å². The summed E-state index contributed by atoms with van der Waals surface area (Å²) in [4.78, 5) is 17.5. The summed E-state index contributed by atoms with van der Waals surface area (Å²) in [6.07, 6.45) is 2.92. The van der Waals surface area contributed by atoms with Gasteiger partial charge < -0.3 is 9.64 Å². The average molecular weight is 330 g/mol. The minimum Gasteiger partial charge on any atom is -0.410 e. The highest BCUT2D eigenvalue weighted by molar-refractivity contribution is 5.70. The molecule has 0 spiro atoms. The van der Waals surface area contributed by atoms with Crippen molar-refractivity contribution >= 4 is 6.09 Å². The Bertz CT molecular complexity index is 624. The van der Waals surface area contributed by atoms with E-state index in [1.165, 1.54) is 6.07 Å². The van der Waals surface area contributed by atoms with Gasteiger partial charge in [0, 0.05) is 19.3 Å². The van der Waals surface area contributed by atoms with Gasteiger partial charge in [0.15, 0.2) is 0 Å². The van der Waals surface area contributed by atoms with E-state index >= 15 is 0 Å². The van der Waals surface area contributed by atoms with Gasteiger partial charge in [-0.1, -0.05) is 38.1 Å². The van der Waals surface area contributed by atoms with Crippen LogP contribution in [0.1, 0.15) is 38.2 Å². The minimum absolute atomic E-state index is 0.314. The third kappa shape index (κ3) is 4.78. The van der Waals surface area contributed by atoms with Crippen LogP contribution in [-0.4, -0.2) is 29.1 Å². The molecule has 1 aromatic carbocycles. The SMILES string of the molecule is CC.O=C(Oc1ccccc1)N1CCC(c2ccc(F)nc2)CC1. The Kier molecular flexibility index (Phi) is 6.73. The van der Waals surface area contributed by atoms with Gasteiger partial charge in [-0.25, -0.2) is 9.78 Å². The highest BCUT2D eigenvalue weighted by atomic mass is 19.1. The number of ether oxygens (including phenoxy) is 1. The van der Waals surface area contributed by atoms with Gasteiger partial charge in [0.25, 0.3) is 0 Å². The molecule has 0 radical (unpaired) electrons. The summed E-state index contributed by atoms with van der Waals surface area (Å²) in [5.41, 5.74) is 1.03. The Hall–Kier alpha value is -2.43. The molecule has 0 aliphatic carbocycles. The monoisotopic (exact) mass is 330 g/mol. The number of hydrogen-bond acceptors (Lipinski definition) is 3. The van der Waals surface area contributed by atoms with Crippen LogP contribution >= 0.6 is 0 Å². The molecule has 0 N–H and O–H groups in total. The predicted octanol–water partition coefficient (Wildman–Crippen LogP) is 4.63. The van der Waals surface area contributed by atoms with Crippen LogP contribution in [0.4, 0.5) is 9.18 Å². The van der Waals surface area contributed by atoms with E-state index in [9.17, 15) is 9.18 Å². The third-order valence-corrected chi connectivity index (χ3v) is 3.92. The smallest absolute Gasteiger partial charge is 0.410 e. The summed E-state index contributed by atoms with van der Waals surface area (Å²) in [5.74, 6) is 0.402. The molecule has 2 heterocycles. The molecule has 1 aromatic heterocycles. The van der Waals surface area contributed by atoms with E-state index in [0.29, 0.717) is 24.8 Å². The number of amides is 1. The zero-order chi connectivity index (χ0) is 17.4. The Morgan fingerprint density at radius 3 is 2.38 bits per heavy atom. The number of halogens is 1. The zero-order valence-electron chi connectivity index (χ0n) is 14.1. The van der Waals surface area contributed by atoms with Crippen molar-refractivity contribution in [2.75, 3.05) is 13.1 Å². The normalized spacial score (nSPS) is 14.5.